The van der Waals surface area contributed by atoms with Crippen molar-refractivity contribution >= 4 is 23.2 Å². The van der Waals surface area contributed by atoms with Crippen LogP contribution in [0, 0.1) is 0 Å². The summed E-state index contributed by atoms with van der Waals surface area (Å²) < 4.78 is 77.4. The second-order valence-corrected chi connectivity index (χ2v) is 6.04. The Morgan fingerprint density at radius 1 is 0.655 bits per heavy atom. The first-order valence-corrected chi connectivity index (χ1v) is 8.40. The zero-order valence-electron chi connectivity index (χ0n) is 14.8. The maximum Gasteiger partial charge on any atom is 0.418 e. The van der Waals surface area contributed by atoms with Gasteiger partial charge in [-0.3, -0.25) is 9.59 Å². The fraction of sp³-hybridized carbons (Fsp3) is 0.263. The first-order chi connectivity index (χ1) is 13.5. The minimum Gasteiger partial charge on any atom is -0.326 e. The highest BCUT2D eigenvalue weighted by Crippen LogP contribution is 2.35. The van der Waals surface area contributed by atoms with E-state index in [9.17, 15) is 35.9 Å². The van der Waals surface area contributed by atoms with Crippen LogP contribution in [0.5, 0.6) is 0 Å². The number of amides is 2. The average molecular weight is 418 g/mol. The molecule has 10 heteroatoms. The van der Waals surface area contributed by atoms with Crippen LogP contribution in [0.15, 0.2) is 48.5 Å². The maximum absolute atomic E-state index is 12.9. The van der Waals surface area contributed by atoms with E-state index >= 15 is 0 Å². The average Bonchev–Trinajstić information content (AvgIpc) is 2.60. The minimum atomic E-state index is -4.64. The largest absolute Gasteiger partial charge is 0.418 e. The van der Waals surface area contributed by atoms with Crippen molar-refractivity contribution in [2.24, 2.45) is 0 Å². The molecule has 0 aliphatic carbocycles. The van der Waals surface area contributed by atoms with Gasteiger partial charge in [0, 0.05) is 12.8 Å². The van der Waals surface area contributed by atoms with Gasteiger partial charge in [0.05, 0.1) is 22.5 Å². The fourth-order valence-electron chi connectivity index (χ4n) is 2.51. The summed E-state index contributed by atoms with van der Waals surface area (Å²) in [5.41, 5.74) is -2.83. The first kappa shape index (κ1) is 22.3. The molecular formula is C19H16F6N2O2. The normalized spacial score (nSPS) is 11.8. The molecule has 0 aliphatic rings. The zero-order chi connectivity index (χ0) is 21.7. The van der Waals surface area contributed by atoms with Crippen LogP contribution in [0.3, 0.4) is 0 Å². The number of hydrogen-bond acceptors (Lipinski definition) is 2. The molecule has 2 N–H and O–H groups in total. The third kappa shape index (κ3) is 6.51. The summed E-state index contributed by atoms with van der Waals surface area (Å²) in [4.78, 5) is 23.7. The number of benzene rings is 2. The van der Waals surface area contributed by atoms with Gasteiger partial charge in [0.25, 0.3) is 0 Å². The van der Waals surface area contributed by atoms with Crippen molar-refractivity contribution in [3.63, 3.8) is 0 Å². The van der Waals surface area contributed by atoms with Gasteiger partial charge < -0.3 is 10.6 Å². The molecule has 0 atom stereocenters. The third-order valence-electron chi connectivity index (χ3n) is 3.82. The molecule has 2 aromatic rings. The van der Waals surface area contributed by atoms with E-state index in [2.05, 4.69) is 10.6 Å². The monoisotopic (exact) mass is 418 g/mol. The summed E-state index contributed by atoms with van der Waals surface area (Å²) in [5, 5.41) is 4.26. The Morgan fingerprint density at radius 3 is 1.34 bits per heavy atom. The second kappa shape index (κ2) is 8.97. The smallest absolute Gasteiger partial charge is 0.326 e. The Morgan fingerprint density at radius 2 is 1.00 bits per heavy atom. The molecule has 2 amide bonds. The lowest BCUT2D eigenvalue weighted by molar-refractivity contribution is -0.137. The van der Waals surface area contributed by atoms with Gasteiger partial charge in [-0.1, -0.05) is 24.3 Å². The molecule has 0 saturated carbocycles. The quantitative estimate of drug-likeness (QED) is 0.611. The summed E-state index contributed by atoms with van der Waals surface area (Å²) >= 11 is 0. The number of halogens is 6. The fourth-order valence-corrected chi connectivity index (χ4v) is 2.51. The molecule has 2 rings (SSSR count). The van der Waals surface area contributed by atoms with Crippen LogP contribution in [0.1, 0.15) is 30.4 Å². The highest BCUT2D eigenvalue weighted by atomic mass is 19.4. The van der Waals surface area contributed by atoms with Gasteiger partial charge in [-0.25, -0.2) is 0 Å². The summed E-state index contributed by atoms with van der Waals surface area (Å²) in [6.07, 6.45) is -9.90. The summed E-state index contributed by atoms with van der Waals surface area (Å²) in [5.74, 6) is -1.49. The van der Waals surface area contributed by atoms with Crippen molar-refractivity contribution in [1.29, 1.82) is 0 Å². The van der Waals surface area contributed by atoms with Gasteiger partial charge >= 0.3 is 12.4 Å². The van der Waals surface area contributed by atoms with Gasteiger partial charge in [-0.05, 0) is 30.7 Å². The van der Waals surface area contributed by atoms with Gasteiger partial charge in [-0.2, -0.15) is 26.3 Å². The van der Waals surface area contributed by atoms with E-state index in [1.807, 2.05) is 0 Å². The standard InChI is InChI=1S/C19H16F6N2O2/c20-18(21,22)12-6-1-3-8-14(12)26-16(28)10-5-11-17(29)27-15-9-4-2-7-13(15)19(23,24)25/h1-4,6-9H,5,10-11H2,(H,26,28)(H,27,29). The van der Waals surface area contributed by atoms with Gasteiger partial charge in [0.15, 0.2) is 0 Å². The van der Waals surface area contributed by atoms with E-state index in [4.69, 9.17) is 0 Å². The van der Waals surface area contributed by atoms with Gasteiger partial charge in [0.2, 0.25) is 11.8 Å². The van der Waals surface area contributed by atoms with Crippen LogP contribution in [0.25, 0.3) is 0 Å². The van der Waals surface area contributed by atoms with Crippen molar-refractivity contribution in [2.45, 2.75) is 31.6 Å². The molecule has 0 aliphatic heterocycles. The molecule has 2 aromatic carbocycles. The number of alkyl halides is 6. The van der Waals surface area contributed by atoms with Crippen molar-refractivity contribution in [3.8, 4) is 0 Å². The summed E-state index contributed by atoms with van der Waals surface area (Å²) in [7, 11) is 0. The van der Waals surface area contributed by atoms with E-state index in [-0.39, 0.29) is 19.3 Å². The lowest BCUT2D eigenvalue weighted by Crippen LogP contribution is -2.18. The third-order valence-corrected chi connectivity index (χ3v) is 3.82. The molecule has 0 bridgehead atoms. The summed E-state index contributed by atoms with van der Waals surface area (Å²) in [6.45, 7) is 0. The van der Waals surface area contributed by atoms with E-state index < -0.39 is 46.7 Å². The van der Waals surface area contributed by atoms with Gasteiger partial charge in [0.1, 0.15) is 0 Å². The highest BCUT2D eigenvalue weighted by Gasteiger charge is 2.34. The Balaban J connectivity index is 1.88. The number of nitrogens with one attached hydrogen (secondary N) is 2. The zero-order valence-corrected chi connectivity index (χ0v) is 14.8. The Bertz CT molecular complexity index is 806. The molecular weight excluding hydrogens is 402 g/mol. The van der Waals surface area contributed by atoms with Crippen molar-refractivity contribution < 1.29 is 35.9 Å². The molecule has 4 nitrogen and oxygen atoms in total. The van der Waals surface area contributed by atoms with Gasteiger partial charge in [-0.15, -0.1) is 0 Å². The number of anilines is 2. The van der Waals surface area contributed by atoms with E-state index in [0.717, 1.165) is 24.3 Å². The molecule has 29 heavy (non-hydrogen) atoms. The van der Waals surface area contributed by atoms with Crippen molar-refractivity contribution in [2.75, 3.05) is 10.6 Å². The number of carbonyl (C=O) groups excluding carboxylic acids is 2. The lowest BCUT2D eigenvalue weighted by atomic mass is 10.1. The van der Waals surface area contributed by atoms with Crippen molar-refractivity contribution in [1.82, 2.24) is 0 Å². The van der Waals surface area contributed by atoms with E-state index in [0.29, 0.717) is 0 Å². The predicted octanol–water partition coefficient (Wildman–Crippen LogP) is 5.47. The second-order valence-electron chi connectivity index (χ2n) is 6.04. The van der Waals surface area contributed by atoms with Crippen LogP contribution in [0.2, 0.25) is 0 Å². The lowest BCUT2D eigenvalue weighted by Gasteiger charge is -2.14. The van der Waals surface area contributed by atoms with Crippen LogP contribution in [0.4, 0.5) is 37.7 Å². The van der Waals surface area contributed by atoms with Crippen LogP contribution in [-0.4, -0.2) is 11.8 Å². The Labute approximate surface area is 161 Å². The SMILES string of the molecule is O=C(CCCC(=O)Nc1ccccc1C(F)(F)F)Nc1ccccc1C(F)(F)F. The molecule has 0 fully saturated rings. The summed E-state index contributed by atoms with van der Waals surface area (Å²) in [6, 6.07) is 8.86. The number of hydrogen-bond donors (Lipinski definition) is 2. The van der Waals surface area contributed by atoms with Crippen molar-refractivity contribution in [3.05, 3.63) is 59.7 Å². The first-order valence-electron chi connectivity index (χ1n) is 8.40. The van der Waals surface area contributed by atoms with E-state index in [1.165, 1.54) is 24.3 Å². The van der Waals surface area contributed by atoms with Crippen LogP contribution >= 0.6 is 0 Å². The van der Waals surface area contributed by atoms with E-state index in [1.54, 1.807) is 0 Å². The molecule has 0 radical (unpaired) electrons. The molecule has 0 aromatic heterocycles. The molecule has 156 valence electrons. The number of rotatable bonds is 6. The van der Waals surface area contributed by atoms with Crippen LogP contribution < -0.4 is 10.6 Å². The molecule has 0 unspecified atom stereocenters. The number of carbonyl (C=O) groups is 2. The number of para-hydroxylation sites is 2. The maximum atomic E-state index is 12.9. The van der Waals surface area contributed by atoms with Crippen LogP contribution in [-0.2, 0) is 21.9 Å². The molecule has 0 spiro atoms. The Hall–Kier alpha value is -3.04. The highest BCUT2D eigenvalue weighted by molar-refractivity contribution is 5.93. The predicted molar refractivity (Wildman–Crippen MR) is 94.0 cm³/mol. The minimum absolute atomic E-state index is 0.0555. The Kier molecular flexibility index (Phi) is 6.89. The topological polar surface area (TPSA) is 58.2 Å². The molecule has 0 saturated heterocycles. The molecule has 0 heterocycles.